The van der Waals surface area contributed by atoms with E-state index in [1.54, 1.807) is 4.90 Å². The summed E-state index contributed by atoms with van der Waals surface area (Å²) in [5.41, 5.74) is 1.82. The summed E-state index contributed by atoms with van der Waals surface area (Å²) in [6, 6.07) is 7.06. The second-order valence-electron chi connectivity index (χ2n) is 5.86. The van der Waals surface area contributed by atoms with E-state index < -0.39 is 5.97 Å². The van der Waals surface area contributed by atoms with Gasteiger partial charge in [-0.1, -0.05) is 12.1 Å². The van der Waals surface area contributed by atoms with Crippen molar-refractivity contribution in [3.05, 3.63) is 29.8 Å². The van der Waals surface area contributed by atoms with Gasteiger partial charge in [0.25, 0.3) is 0 Å². The number of anilines is 1. The van der Waals surface area contributed by atoms with Gasteiger partial charge >= 0.3 is 12.0 Å². The Bertz CT molecular complexity index is 600. The van der Waals surface area contributed by atoms with Gasteiger partial charge in [-0.3, -0.25) is 9.59 Å². The maximum Gasteiger partial charge on any atom is 0.315 e. The molecule has 2 rings (SSSR count). The number of hydrogen-bond donors (Lipinski definition) is 3. The number of nitrogens with one attached hydrogen (secondary N) is 2. The van der Waals surface area contributed by atoms with E-state index in [4.69, 9.17) is 5.11 Å². The first-order valence-corrected chi connectivity index (χ1v) is 8.14. The average molecular weight is 333 g/mol. The molecule has 0 aromatic heterocycles. The Morgan fingerprint density at radius 3 is 2.58 bits per heavy atom. The van der Waals surface area contributed by atoms with E-state index in [0.717, 1.165) is 24.2 Å². The van der Waals surface area contributed by atoms with E-state index in [9.17, 15) is 14.4 Å². The van der Waals surface area contributed by atoms with Gasteiger partial charge in [0.1, 0.15) is 0 Å². The molecule has 1 aromatic rings. The predicted molar refractivity (Wildman–Crippen MR) is 89.8 cm³/mol. The molecule has 130 valence electrons. The molecule has 1 fully saturated rings. The SMILES string of the molecule is CC(NC(=O)NCCCC(=O)O)c1ccc(N2CCCC2=O)cc1. The van der Waals surface area contributed by atoms with Gasteiger partial charge < -0.3 is 20.6 Å². The van der Waals surface area contributed by atoms with Crippen LogP contribution in [-0.4, -0.2) is 36.1 Å². The molecule has 1 heterocycles. The second kappa shape index (κ2) is 8.33. The second-order valence-corrected chi connectivity index (χ2v) is 5.86. The van der Waals surface area contributed by atoms with Gasteiger partial charge in [0, 0.05) is 31.6 Å². The summed E-state index contributed by atoms with van der Waals surface area (Å²) in [4.78, 5) is 35.7. The molecule has 0 spiro atoms. The van der Waals surface area contributed by atoms with Crippen molar-refractivity contribution < 1.29 is 19.5 Å². The van der Waals surface area contributed by atoms with E-state index >= 15 is 0 Å². The normalized spacial score (nSPS) is 15.2. The molecule has 0 radical (unpaired) electrons. The summed E-state index contributed by atoms with van der Waals surface area (Å²) in [6.45, 7) is 2.94. The minimum atomic E-state index is -0.873. The predicted octanol–water partition coefficient (Wildman–Crippen LogP) is 2.04. The summed E-state index contributed by atoms with van der Waals surface area (Å²) >= 11 is 0. The lowest BCUT2D eigenvalue weighted by atomic mass is 10.1. The minimum Gasteiger partial charge on any atom is -0.481 e. The van der Waals surface area contributed by atoms with E-state index in [2.05, 4.69) is 10.6 Å². The van der Waals surface area contributed by atoms with Gasteiger partial charge in [-0.15, -0.1) is 0 Å². The smallest absolute Gasteiger partial charge is 0.315 e. The lowest BCUT2D eigenvalue weighted by molar-refractivity contribution is -0.137. The quantitative estimate of drug-likeness (QED) is 0.665. The Hall–Kier alpha value is -2.57. The van der Waals surface area contributed by atoms with Gasteiger partial charge in [-0.25, -0.2) is 4.79 Å². The molecule has 3 N–H and O–H groups in total. The molecule has 7 heteroatoms. The Kier molecular flexibility index (Phi) is 6.17. The summed E-state index contributed by atoms with van der Waals surface area (Å²) in [5.74, 6) is -0.725. The maximum atomic E-state index is 11.8. The van der Waals surface area contributed by atoms with Crippen LogP contribution in [-0.2, 0) is 9.59 Å². The van der Waals surface area contributed by atoms with Crippen molar-refractivity contribution in [3.8, 4) is 0 Å². The number of aliphatic carboxylic acids is 1. The number of carboxylic acid groups (broad SMARTS) is 1. The summed E-state index contributed by atoms with van der Waals surface area (Å²) in [5, 5.41) is 14.0. The molecule has 0 saturated carbocycles. The molecule has 3 amide bonds. The van der Waals surface area contributed by atoms with Crippen molar-refractivity contribution in [1.82, 2.24) is 10.6 Å². The van der Waals surface area contributed by atoms with Crippen LogP contribution in [0.25, 0.3) is 0 Å². The molecule has 1 aromatic carbocycles. The van der Waals surface area contributed by atoms with Crippen LogP contribution in [0, 0.1) is 0 Å². The first-order chi connectivity index (χ1) is 11.5. The number of hydrogen-bond acceptors (Lipinski definition) is 3. The van der Waals surface area contributed by atoms with E-state index in [-0.39, 0.29) is 24.4 Å². The fourth-order valence-corrected chi connectivity index (χ4v) is 2.64. The standard InChI is InChI=1S/C17H23N3O4/c1-12(19-17(24)18-10-2-5-16(22)23)13-6-8-14(9-7-13)20-11-3-4-15(20)21/h6-9,12H,2-5,10-11H2,1H3,(H,22,23)(H2,18,19,24). The molecular weight excluding hydrogens is 310 g/mol. The molecular formula is C17H23N3O4. The van der Waals surface area contributed by atoms with Crippen molar-refractivity contribution in [2.24, 2.45) is 0 Å². The number of urea groups is 1. The van der Waals surface area contributed by atoms with Gasteiger partial charge in [0.15, 0.2) is 0 Å². The Balaban J connectivity index is 1.81. The lowest BCUT2D eigenvalue weighted by Crippen LogP contribution is -2.37. The molecule has 1 atom stereocenters. The van der Waals surface area contributed by atoms with Gasteiger partial charge in [-0.2, -0.15) is 0 Å². The highest BCUT2D eigenvalue weighted by molar-refractivity contribution is 5.95. The van der Waals surface area contributed by atoms with Gasteiger partial charge in [0.05, 0.1) is 6.04 Å². The third-order valence-corrected chi connectivity index (χ3v) is 3.98. The van der Waals surface area contributed by atoms with Crippen molar-refractivity contribution in [3.63, 3.8) is 0 Å². The Morgan fingerprint density at radius 1 is 1.29 bits per heavy atom. The van der Waals surface area contributed by atoms with Crippen LogP contribution < -0.4 is 15.5 Å². The first-order valence-electron chi connectivity index (χ1n) is 8.14. The average Bonchev–Trinajstić information content (AvgIpc) is 2.97. The highest BCUT2D eigenvalue weighted by atomic mass is 16.4. The third-order valence-electron chi connectivity index (χ3n) is 3.98. The monoisotopic (exact) mass is 333 g/mol. The summed E-state index contributed by atoms with van der Waals surface area (Å²) in [7, 11) is 0. The zero-order valence-electron chi connectivity index (χ0n) is 13.7. The lowest BCUT2D eigenvalue weighted by Gasteiger charge is -2.18. The Morgan fingerprint density at radius 2 is 2.00 bits per heavy atom. The molecule has 1 aliphatic heterocycles. The zero-order chi connectivity index (χ0) is 17.5. The Labute approximate surface area is 141 Å². The topological polar surface area (TPSA) is 98.7 Å². The van der Waals surface area contributed by atoms with Crippen LogP contribution >= 0.6 is 0 Å². The van der Waals surface area contributed by atoms with Crippen molar-refractivity contribution in [2.75, 3.05) is 18.0 Å². The molecule has 1 aliphatic rings. The van der Waals surface area contributed by atoms with Crippen LogP contribution in [0.4, 0.5) is 10.5 Å². The highest BCUT2D eigenvalue weighted by Gasteiger charge is 2.21. The van der Waals surface area contributed by atoms with Crippen LogP contribution in [0.5, 0.6) is 0 Å². The molecule has 1 saturated heterocycles. The number of carbonyl (C=O) groups excluding carboxylic acids is 2. The molecule has 0 aliphatic carbocycles. The van der Waals surface area contributed by atoms with Crippen LogP contribution in [0.3, 0.4) is 0 Å². The van der Waals surface area contributed by atoms with Crippen LogP contribution in [0.2, 0.25) is 0 Å². The van der Waals surface area contributed by atoms with Crippen LogP contribution in [0.15, 0.2) is 24.3 Å². The van der Waals surface area contributed by atoms with E-state index in [0.29, 0.717) is 19.4 Å². The fourth-order valence-electron chi connectivity index (χ4n) is 2.64. The summed E-state index contributed by atoms with van der Waals surface area (Å²) < 4.78 is 0. The van der Waals surface area contributed by atoms with E-state index in [1.165, 1.54) is 0 Å². The van der Waals surface area contributed by atoms with Crippen molar-refractivity contribution in [1.29, 1.82) is 0 Å². The first kappa shape index (κ1) is 17.8. The fraction of sp³-hybridized carbons (Fsp3) is 0.471. The van der Waals surface area contributed by atoms with Gasteiger partial charge in [0.2, 0.25) is 5.91 Å². The largest absolute Gasteiger partial charge is 0.481 e. The maximum absolute atomic E-state index is 11.8. The number of benzene rings is 1. The number of amides is 3. The number of rotatable bonds is 7. The molecule has 1 unspecified atom stereocenters. The molecule has 7 nitrogen and oxygen atoms in total. The minimum absolute atomic E-state index is 0.0342. The zero-order valence-corrected chi connectivity index (χ0v) is 13.7. The van der Waals surface area contributed by atoms with E-state index in [1.807, 2.05) is 31.2 Å². The van der Waals surface area contributed by atoms with Crippen molar-refractivity contribution >= 4 is 23.6 Å². The number of nitrogens with zero attached hydrogens (tertiary/aromatic N) is 1. The molecule has 24 heavy (non-hydrogen) atoms. The summed E-state index contributed by atoms with van der Waals surface area (Å²) in [6.07, 6.45) is 1.92. The third kappa shape index (κ3) is 4.97. The highest BCUT2D eigenvalue weighted by Crippen LogP contribution is 2.23. The number of carbonyl (C=O) groups is 3. The number of carboxylic acids is 1. The van der Waals surface area contributed by atoms with Crippen molar-refractivity contribution in [2.45, 2.75) is 38.6 Å². The molecule has 0 bridgehead atoms. The van der Waals surface area contributed by atoms with Gasteiger partial charge in [-0.05, 0) is 37.5 Å². The van der Waals surface area contributed by atoms with Crippen LogP contribution in [0.1, 0.15) is 44.2 Å².